The highest BCUT2D eigenvalue weighted by Crippen LogP contribution is 2.17. The summed E-state index contributed by atoms with van der Waals surface area (Å²) in [6, 6.07) is 5.71. The van der Waals surface area contributed by atoms with Crippen LogP contribution in [0.25, 0.3) is 0 Å². The van der Waals surface area contributed by atoms with Gasteiger partial charge in [0, 0.05) is 23.1 Å². The minimum absolute atomic E-state index is 0.0000477. The molecule has 1 rings (SSSR count). The fourth-order valence-electron chi connectivity index (χ4n) is 2.21. The van der Waals surface area contributed by atoms with E-state index in [2.05, 4.69) is 22.9 Å². The first-order valence-electron chi connectivity index (χ1n) is 7.25. The van der Waals surface area contributed by atoms with Gasteiger partial charge in [-0.05, 0) is 37.1 Å². The molecule has 0 fully saturated rings. The molecule has 0 aliphatic carbocycles. The Labute approximate surface area is 130 Å². The van der Waals surface area contributed by atoms with Crippen molar-refractivity contribution in [1.29, 1.82) is 0 Å². The predicted octanol–water partition coefficient (Wildman–Crippen LogP) is 3.77. The van der Waals surface area contributed by atoms with Crippen LogP contribution in [-0.4, -0.2) is 35.6 Å². The van der Waals surface area contributed by atoms with Crippen molar-refractivity contribution in [2.45, 2.75) is 39.5 Å². The number of hydrogen-bond acceptors (Lipinski definition) is 2. The highest BCUT2D eigenvalue weighted by atomic mass is 79.9. The van der Waals surface area contributed by atoms with Gasteiger partial charge in [0.05, 0.1) is 6.61 Å². The summed E-state index contributed by atoms with van der Waals surface area (Å²) in [7, 11) is 0. The van der Waals surface area contributed by atoms with Crippen LogP contribution in [0.1, 0.15) is 48.5 Å². The SMILES string of the molecule is CCCCCCN(CCO)C(=O)c1cc(C)cc(Br)c1. The molecule has 0 unspecified atom stereocenters. The second kappa shape index (κ2) is 9.14. The van der Waals surface area contributed by atoms with E-state index in [9.17, 15) is 4.79 Å². The molecule has 1 N–H and O–H groups in total. The van der Waals surface area contributed by atoms with Crippen LogP contribution in [0.15, 0.2) is 22.7 Å². The van der Waals surface area contributed by atoms with Crippen molar-refractivity contribution >= 4 is 21.8 Å². The van der Waals surface area contributed by atoms with Gasteiger partial charge in [-0.3, -0.25) is 4.79 Å². The number of hydrogen-bond donors (Lipinski definition) is 1. The Morgan fingerprint density at radius 1 is 1.20 bits per heavy atom. The van der Waals surface area contributed by atoms with E-state index >= 15 is 0 Å². The average molecular weight is 342 g/mol. The molecule has 0 aliphatic rings. The van der Waals surface area contributed by atoms with E-state index in [0.717, 1.165) is 22.9 Å². The first kappa shape index (κ1) is 17.2. The lowest BCUT2D eigenvalue weighted by molar-refractivity contribution is 0.0718. The summed E-state index contributed by atoms with van der Waals surface area (Å²) >= 11 is 3.42. The lowest BCUT2D eigenvalue weighted by Crippen LogP contribution is -2.34. The third-order valence-electron chi connectivity index (χ3n) is 3.23. The van der Waals surface area contributed by atoms with Crippen LogP contribution in [0.4, 0.5) is 0 Å². The van der Waals surface area contributed by atoms with Crippen molar-refractivity contribution in [1.82, 2.24) is 4.90 Å². The zero-order valence-electron chi connectivity index (χ0n) is 12.4. The van der Waals surface area contributed by atoms with E-state index < -0.39 is 0 Å². The fourth-order valence-corrected chi connectivity index (χ4v) is 2.82. The molecule has 0 radical (unpaired) electrons. The first-order valence-corrected chi connectivity index (χ1v) is 8.05. The molecule has 0 heterocycles. The van der Waals surface area contributed by atoms with Gasteiger partial charge in [-0.15, -0.1) is 0 Å². The van der Waals surface area contributed by atoms with E-state index in [0.29, 0.717) is 18.7 Å². The quantitative estimate of drug-likeness (QED) is 0.731. The molecular weight excluding hydrogens is 318 g/mol. The molecule has 4 heteroatoms. The standard InChI is InChI=1S/C16H24BrNO2/c1-3-4-5-6-7-18(8-9-19)16(20)14-10-13(2)11-15(17)12-14/h10-12,19H,3-9H2,1-2H3. The van der Waals surface area contributed by atoms with E-state index in [1.807, 2.05) is 25.1 Å². The summed E-state index contributed by atoms with van der Waals surface area (Å²) in [6.45, 7) is 5.26. The molecule has 1 aromatic rings. The van der Waals surface area contributed by atoms with Crippen molar-refractivity contribution in [3.63, 3.8) is 0 Å². The average Bonchev–Trinajstić information content (AvgIpc) is 2.40. The summed E-state index contributed by atoms with van der Waals surface area (Å²) in [4.78, 5) is 14.2. The Balaban J connectivity index is 2.71. The third kappa shape index (κ3) is 5.63. The molecule has 3 nitrogen and oxygen atoms in total. The summed E-state index contributed by atoms with van der Waals surface area (Å²) in [6.07, 6.45) is 4.49. The number of amides is 1. The number of aryl methyl sites for hydroxylation is 1. The Hall–Kier alpha value is -0.870. The Morgan fingerprint density at radius 3 is 2.55 bits per heavy atom. The van der Waals surface area contributed by atoms with Gasteiger partial charge in [0.1, 0.15) is 0 Å². The van der Waals surface area contributed by atoms with Gasteiger partial charge in [-0.25, -0.2) is 0 Å². The molecule has 1 aromatic carbocycles. The second-order valence-electron chi connectivity index (χ2n) is 5.09. The van der Waals surface area contributed by atoms with Gasteiger partial charge in [0.25, 0.3) is 5.91 Å². The summed E-state index contributed by atoms with van der Waals surface area (Å²) < 4.78 is 0.913. The van der Waals surface area contributed by atoms with Gasteiger partial charge in [-0.2, -0.15) is 0 Å². The Morgan fingerprint density at radius 2 is 1.95 bits per heavy atom. The molecule has 112 valence electrons. The molecule has 0 aliphatic heterocycles. The molecule has 0 aromatic heterocycles. The normalized spacial score (nSPS) is 10.6. The van der Waals surface area contributed by atoms with Gasteiger partial charge in [0.2, 0.25) is 0 Å². The molecule has 0 saturated carbocycles. The number of carbonyl (C=O) groups excluding carboxylic acids is 1. The molecule has 0 bridgehead atoms. The number of benzene rings is 1. The highest BCUT2D eigenvalue weighted by molar-refractivity contribution is 9.10. The van der Waals surface area contributed by atoms with Crippen LogP contribution in [0.5, 0.6) is 0 Å². The monoisotopic (exact) mass is 341 g/mol. The van der Waals surface area contributed by atoms with Crippen molar-refractivity contribution in [2.24, 2.45) is 0 Å². The molecule has 0 saturated heterocycles. The summed E-state index contributed by atoms with van der Waals surface area (Å²) in [5.41, 5.74) is 1.73. The van der Waals surface area contributed by atoms with Crippen molar-refractivity contribution in [3.8, 4) is 0 Å². The number of carbonyl (C=O) groups is 1. The Bertz CT molecular complexity index is 414. The van der Waals surface area contributed by atoms with Gasteiger partial charge >= 0.3 is 0 Å². The lowest BCUT2D eigenvalue weighted by atomic mass is 10.1. The molecule has 0 spiro atoms. The zero-order chi connectivity index (χ0) is 15.0. The maximum atomic E-state index is 12.5. The van der Waals surface area contributed by atoms with Crippen LogP contribution in [0.2, 0.25) is 0 Å². The number of halogens is 1. The minimum atomic E-state index is -0.0000477. The maximum Gasteiger partial charge on any atom is 0.253 e. The zero-order valence-corrected chi connectivity index (χ0v) is 13.9. The largest absolute Gasteiger partial charge is 0.395 e. The van der Waals surface area contributed by atoms with Gasteiger partial charge in [0.15, 0.2) is 0 Å². The number of nitrogens with zero attached hydrogens (tertiary/aromatic N) is 1. The summed E-state index contributed by atoms with van der Waals surface area (Å²) in [5.74, 6) is -0.0000477. The van der Waals surface area contributed by atoms with Crippen molar-refractivity contribution in [2.75, 3.05) is 19.7 Å². The van der Waals surface area contributed by atoms with Crippen LogP contribution in [-0.2, 0) is 0 Å². The first-order chi connectivity index (χ1) is 9.58. The van der Waals surface area contributed by atoms with E-state index in [4.69, 9.17) is 5.11 Å². The molecule has 1 amide bonds. The van der Waals surface area contributed by atoms with Crippen LogP contribution >= 0.6 is 15.9 Å². The number of aliphatic hydroxyl groups excluding tert-OH is 1. The predicted molar refractivity (Wildman–Crippen MR) is 86.0 cm³/mol. The van der Waals surface area contributed by atoms with E-state index in [1.165, 1.54) is 12.8 Å². The lowest BCUT2D eigenvalue weighted by Gasteiger charge is -2.22. The maximum absolute atomic E-state index is 12.5. The number of unbranched alkanes of at least 4 members (excludes halogenated alkanes) is 3. The summed E-state index contributed by atoms with van der Waals surface area (Å²) in [5, 5.41) is 9.14. The molecule has 20 heavy (non-hydrogen) atoms. The van der Waals surface area contributed by atoms with Crippen LogP contribution in [0.3, 0.4) is 0 Å². The van der Waals surface area contributed by atoms with Crippen molar-refractivity contribution < 1.29 is 9.90 Å². The number of aliphatic hydroxyl groups is 1. The van der Waals surface area contributed by atoms with Gasteiger partial charge in [-0.1, -0.05) is 42.1 Å². The van der Waals surface area contributed by atoms with Gasteiger partial charge < -0.3 is 10.0 Å². The van der Waals surface area contributed by atoms with Crippen LogP contribution < -0.4 is 0 Å². The van der Waals surface area contributed by atoms with E-state index in [-0.39, 0.29) is 12.5 Å². The smallest absolute Gasteiger partial charge is 0.253 e. The highest BCUT2D eigenvalue weighted by Gasteiger charge is 2.15. The Kier molecular flexibility index (Phi) is 7.85. The topological polar surface area (TPSA) is 40.5 Å². The minimum Gasteiger partial charge on any atom is -0.395 e. The number of rotatable bonds is 8. The second-order valence-corrected chi connectivity index (χ2v) is 6.01. The molecule has 0 atom stereocenters. The van der Waals surface area contributed by atoms with Crippen molar-refractivity contribution in [3.05, 3.63) is 33.8 Å². The fraction of sp³-hybridized carbons (Fsp3) is 0.562. The van der Waals surface area contributed by atoms with E-state index in [1.54, 1.807) is 4.90 Å². The third-order valence-corrected chi connectivity index (χ3v) is 3.69. The van der Waals surface area contributed by atoms with Crippen LogP contribution in [0, 0.1) is 6.92 Å². The molecular formula is C16H24BrNO2.